The Morgan fingerprint density at radius 3 is 2.17 bits per heavy atom. The van der Waals surface area contributed by atoms with Gasteiger partial charge in [-0.05, 0) is 67.4 Å². The van der Waals surface area contributed by atoms with Crippen molar-refractivity contribution < 1.29 is 49.5 Å². The van der Waals surface area contributed by atoms with Gasteiger partial charge in [0.05, 0.1) is 23.8 Å². The summed E-state index contributed by atoms with van der Waals surface area (Å²) in [6.07, 6.45) is -8.81. The van der Waals surface area contributed by atoms with Gasteiger partial charge in [-0.1, -0.05) is 24.6 Å². The van der Waals surface area contributed by atoms with Crippen molar-refractivity contribution in [2.45, 2.75) is 51.6 Å². The van der Waals surface area contributed by atoms with E-state index in [0.29, 0.717) is 18.2 Å². The summed E-state index contributed by atoms with van der Waals surface area (Å²) >= 11 is 6.32. The summed E-state index contributed by atoms with van der Waals surface area (Å²) in [5.74, 6) is -6.90. The average molecular weight is 702 g/mol. The number of benzene rings is 2. The highest BCUT2D eigenvalue weighted by Gasteiger charge is 2.34. The Morgan fingerprint density at radius 2 is 1.58 bits per heavy atom. The van der Waals surface area contributed by atoms with Crippen LogP contribution in [0.5, 0.6) is 0 Å². The summed E-state index contributed by atoms with van der Waals surface area (Å²) in [6.45, 7) is 3.49. The summed E-state index contributed by atoms with van der Waals surface area (Å²) in [7, 11) is 0. The van der Waals surface area contributed by atoms with Gasteiger partial charge in [0, 0.05) is 22.7 Å². The molecule has 0 bridgehead atoms. The number of anilines is 1. The maximum absolute atomic E-state index is 14.3. The fourth-order valence-electron chi connectivity index (χ4n) is 4.78. The zero-order valence-electron chi connectivity index (χ0n) is 25.0. The first kappa shape index (κ1) is 36.0. The largest absolute Gasteiger partial charge is 0.433 e. The summed E-state index contributed by atoms with van der Waals surface area (Å²) in [5, 5.41) is 4.81. The van der Waals surface area contributed by atoms with E-state index in [1.165, 1.54) is 19.9 Å². The van der Waals surface area contributed by atoms with Gasteiger partial charge in [-0.3, -0.25) is 19.4 Å². The number of Topliss-reactive ketones (excluding diaryl/α,β-unsaturated/α-hetero) is 1. The van der Waals surface area contributed by atoms with E-state index in [0.717, 1.165) is 35.9 Å². The molecule has 0 radical (unpaired) electrons. The lowest BCUT2D eigenvalue weighted by Crippen LogP contribution is -2.30. The number of alkyl halides is 6. The lowest BCUT2D eigenvalue weighted by molar-refractivity contribution is -0.141. The molecule has 0 aliphatic heterocycles. The number of nitrogens with one attached hydrogen (secondary N) is 2. The molecule has 4 aromatic rings. The molecule has 2 N–H and O–H groups in total. The summed E-state index contributed by atoms with van der Waals surface area (Å²) in [4.78, 5) is 46.7. The van der Waals surface area contributed by atoms with Crippen LogP contribution in [0.1, 0.15) is 81.8 Å². The van der Waals surface area contributed by atoms with Gasteiger partial charge >= 0.3 is 12.4 Å². The van der Waals surface area contributed by atoms with Gasteiger partial charge in [0.15, 0.2) is 5.82 Å². The normalized spacial score (nSPS) is 13.2. The monoisotopic (exact) mass is 701 g/mol. The van der Waals surface area contributed by atoms with Crippen LogP contribution in [0, 0.1) is 11.6 Å². The molecule has 0 aliphatic carbocycles. The van der Waals surface area contributed by atoms with E-state index >= 15 is 0 Å². The van der Waals surface area contributed by atoms with Crippen molar-refractivity contribution in [3.8, 4) is 0 Å². The number of halogens is 9. The third kappa shape index (κ3) is 8.16. The summed E-state index contributed by atoms with van der Waals surface area (Å²) in [6, 6.07) is 5.28. The summed E-state index contributed by atoms with van der Waals surface area (Å²) < 4.78 is 108. The van der Waals surface area contributed by atoms with Crippen LogP contribution in [0.4, 0.5) is 40.9 Å². The Bertz CT molecular complexity index is 1870. The van der Waals surface area contributed by atoms with Crippen LogP contribution < -0.4 is 10.6 Å². The van der Waals surface area contributed by atoms with Crippen LogP contribution in [0.25, 0.3) is 0 Å². The van der Waals surface area contributed by atoms with Gasteiger partial charge in [-0.2, -0.15) is 26.3 Å². The van der Waals surface area contributed by atoms with E-state index in [-0.39, 0.29) is 27.9 Å². The fraction of sp³-hybridized carbons (Fsp3) is 0.258. The predicted octanol–water partition coefficient (Wildman–Crippen LogP) is 7.73. The molecular formula is C31H24ClF8N5O3. The van der Waals surface area contributed by atoms with Gasteiger partial charge in [-0.15, -0.1) is 0 Å². The number of hydrogen-bond acceptors (Lipinski definition) is 5. The number of ketones is 1. The number of rotatable bonds is 9. The SMILES string of the molecule is CC(=O)Cn1c(C(=O)N[C@@H](C)c2ccc(C(F)(F)F)nc2)nc(NC(=O)c2cc(F)cc(C(F)(F)F)c2)c1[C@@H](C)c1cc(F)ccc1Cl. The van der Waals surface area contributed by atoms with Crippen LogP contribution in [-0.2, 0) is 23.7 Å². The minimum absolute atomic E-state index is 0.0335. The molecule has 0 saturated carbocycles. The van der Waals surface area contributed by atoms with E-state index in [9.17, 15) is 49.5 Å². The van der Waals surface area contributed by atoms with Crippen molar-refractivity contribution in [3.05, 3.63) is 111 Å². The minimum Gasteiger partial charge on any atom is -0.343 e. The van der Waals surface area contributed by atoms with Gasteiger partial charge < -0.3 is 15.2 Å². The van der Waals surface area contributed by atoms with Crippen molar-refractivity contribution >= 4 is 35.0 Å². The van der Waals surface area contributed by atoms with Gasteiger partial charge in [0.2, 0.25) is 5.82 Å². The molecular weight excluding hydrogens is 678 g/mol. The average Bonchev–Trinajstić information content (AvgIpc) is 3.33. The van der Waals surface area contributed by atoms with E-state index in [1.54, 1.807) is 0 Å². The minimum atomic E-state index is -5.00. The number of imidazole rings is 1. The third-order valence-electron chi connectivity index (χ3n) is 7.07. The molecule has 8 nitrogen and oxygen atoms in total. The molecule has 0 unspecified atom stereocenters. The van der Waals surface area contributed by atoms with Crippen molar-refractivity contribution in [2.75, 3.05) is 5.32 Å². The molecule has 2 aromatic carbocycles. The van der Waals surface area contributed by atoms with Crippen molar-refractivity contribution in [2.24, 2.45) is 0 Å². The van der Waals surface area contributed by atoms with Crippen molar-refractivity contribution in [3.63, 3.8) is 0 Å². The molecule has 2 heterocycles. The topological polar surface area (TPSA) is 106 Å². The third-order valence-corrected chi connectivity index (χ3v) is 7.41. The lowest BCUT2D eigenvalue weighted by atomic mass is 9.96. The number of pyridine rings is 1. The molecule has 48 heavy (non-hydrogen) atoms. The first-order valence-electron chi connectivity index (χ1n) is 13.8. The maximum atomic E-state index is 14.3. The van der Waals surface area contributed by atoms with Crippen LogP contribution in [0.15, 0.2) is 54.7 Å². The van der Waals surface area contributed by atoms with Crippen LogP contribution in [0.2, 0.25) is 5.02 Å². The highest BCUT2D eigenvalue weighted by molar-refractivity contribution is 6.31. The molecule has 17 heteroatoms. The van der Waals surface area contributed by atoms with E-state index < -0.39 is 88.6 Å². The zero-order valence-corrected chi connectivity index (χ0v) is 25.8. The molecule has 2 amide bonds. The predicted molar refractivity (Wildman–Crippen MR) is 156 cm³/mol. The molecule has 0 fully saturated rings. The zero-order chi connectivity index (χ0) is 35.7. The second kappa shape index (κ2) is 13.7. The second-order valence-electron chi connectivity index (χ2n) is 10.7. The number of hydrogen-bond donors (Lipinski definition) is 2. The molecule has 4 rings (SSSR count). The molecule has 2 aromatic heterocycles. The first-order valence-corrected chi connectivity index (χ1v) is 14.2. The first-order chi connectivity index (χ1) is 22.3. The van der Waals surface area contributed by atoms with Gasteiger partial charge in [0.1, 0.15) is 23.1 Å². The van der Waals surface area contributed by atoms with Crippen LogP contribution in [0.3, 0.4) is 0 Å². The molecule has 0 saturated heterocycles. The van der Waals surface area contributed by atoms with E-state index in [4.69, 9.17) is 11.6 Å². The fourth-order valence-corrected chi connectivity index (χ4v) is 5.07. The Kier molecular flexibility index (Phi) is 10.3. The second-order valence-corrected chi connectivity index (χ2v) is 11.1. The Hall–Kier alpha value is -4.86. The van der Waals surface area contributed by atoms with Crippen LogP contribution in [-0.4, -0.2) is 32.1 Å². The molecule has 254 valence electrons. The van der Waals surface area contributed by atoms with Gasteiger partial charge in [-0.25, -0.2) is 13.8 Å². The number of nitrogens with zero attached hydrogens (tertiary/aromatic N) is 3. The van der Waals surface area contributed by atoms with Crippen molar-refractivity contribution in [1.29, 1.82) is 0 Å². The number of carbonyl (C=O) groups excluding carboxylic acids is 3. The molecule has 2 atom stereocenters. The quantitative estimate of drug-likeness (QED) is 0.174. The number of aromatic nitrogens is 3. The summed E-state index contributed by atoms with van der Waals surface area (Å²) in [5.41, 5.74) is -3.23. The lowest BCUT2D eigenvalue weighted by Gasteiger charge is -2.20. The standard InChI is InChI=1S/C31H24ClF8N5O3/c1-14(46)13-45-25(15(2)22-11-20(33)5-6-23(22)32)26(44-28(47)18-8-19(30(35,36)37)10-21(34)9-18)43-27(45)29(48)42-16(3)17-4-7-24(41-12-17)31(38,39)40/h4-12,15-16H,13H2,1-3H3,(H,42,48)(H,44,47)/t15-,16-/m0/s1. The van der Waals surface area contributed by atoms with Crippen molar-refractivity contribution in [1.82, 2.24) is 19.9 Å². The van der Waals surface area contributed by atoms with E-state index in [2.05, 4.69) is 20.6 Å². The molecule has 0 aliphatic rings. The number of amides is 2. The van der Waals surface area contributed by atoms with Gasteiger partial charge in [0.25, 0.3) is 11.8 Å². The van der Waals surface area contributed by atoms with Crippen LogP contribution >= 0.6 is 11.6 Å². The Balaban J connectivity index is 1.82. The van der Waals surface area contributed by atoms with E-state index in [1.807, 2.05) is 0 Å². The Labute approximate surface area is 272 Å². The molecule has 0 spiro atoms. The smallest absolute Gasteiger partial charge is 0.343 e. The highest BCUT2D eigenvalue weighted by atomic mass is 35.5. The maximum Gasteiger partial charge on any atom is 0.433 e. The number of carbonyl (C=O) groups is 3. The Morgan fingerprint density at radius 1 is 0.896 bits per heavy atom. The highest BCUT2D eigenvalue weighted by Crippen LogP contribution is 2.36.